The van der Waals surface area contributed by atoms with Gasteiger partial charge in [-0.05, 0) is 26.7 Å². The Morgan fingerprint density at radius 1 is 1.06 bits per heavy atom. The fraction of sp³-hybridized carbons (Fsp3) is 0.381. The molecule has 1 N–H and O–H groups in total. The van der Waals surface area contributed by atoms with Gasteiger partial charge >= 0.3 is 0 Å². The van der Waals surface area contributed by atoms with E-state index < -0.39 is 47.2 Å². The Hall–Kier alpha value is -3.11. The molecule has 0 bridgehead atoms. The number of nitrogens with one attached hydrogen (secondary N) is 1. The third-order valence-corrected chi connectivity index (χ3v) is 5.69. The monoisotopic (exact) mass is 456 g/mol. The van der Waals surface area contributed by atoms with E-state index in [0.717, 1.165) is 12.3 Å². The Balaban J connectivity index is 1.84. The summed E-state index contributed by atoms with van der Waals surface area (Å²) < 4.78 is 83.4. The maximum absolute atomic E-state index is 14.9. The highest BCUT2D eigenvalue weighted by molar-refractivity contribution is 5.89. The smallest absolute Gasteiger partial charge is 0.289 e. The Bertz CT molecular complexity index is 1260. The number of alkyl halides is 4. The van der Waals surface area contributed by atoms with Crippen molar-refractivity contribution in [1.29, 1.82) is 0 Å². The summed E-state index contributed by atoms with van der Waals surface area (Å²) in [4.78, 5) is 20.5. The van der Waals surface area contributed by atoms with Crippen LogP contribution in [0.15, 0.2) is 29.2 Å². The largest absolute Gasteiger partial charge is 0.363 e. The van der Waals surface area contributed by atoms with E-state index in [1.807, 2.05) is 0 Å². The van der Waals surface area contributed by atoms with Crippen LogP contribution >= 0.6 is 0 Å². The zero-order valence-corrected chi connectivity index (χ0v) is 17.0. The van der Waals surface area contributed by atoms with E-state index in [1.54, 1.807) is 0 Å². The molecule has 1 fully saturated rings. The van der Waals surface area contributed by atoms with Crippen LogP contribution in [0.25, 0.3) is 10.9 Å². The van der Waals surface area contributed by atoms with Gasteiger partial charge in [-0.2, -0.15) is 4.39 Å². The first kappa shape index (κ1) is 22.1. The maximum Gasteiger partial charge on any atom is 0.289 e. The van der Waals surface area contributed by atoms with Gasteiger partial charge in [0, 0.05) is 11.8 Å². The zero-order chi connectivity index (χ0) is 23.4. The number of nitrogens with zero attached hydrogens (tertiary/aromatic N) is 3. The Labute approximate surface area is 178 Å². The van der Waals surface area contributed by atoms with Gasteiger partial charge in [-0.1, -0.05) is 18.2 Å². The first-order valence-electron chi connectivity index (χ1n) is 9.78. The first-order valence-corrected chi connectivity index (χ1v) is 9.78. The van der Waals surface area contributed by atoms with Gasteiger partial charge in [-0.25, -0.2) is 31.9 Å². The molecule has 0 aliphatic heterocycles. The lowest BCUT2D eigenvalue weighted by atomic mass is 10.0. The number of aryl methyl sites for hydroxylation is 1. The molecule has 3 aromatic rings. The van der Waals surface area contributed by atoms with Crippen LogP contribution in [-0.4, -0.2) is 21.0 Å². The van der Waals surface area contributed by atoms with Gasteiger partial charge in [0.25, 0.3) is 18.4 Å². The van der Waals surface area contributed by atoms with E-state index in [1.165, 1.54) is 26.0 Å². The molecular formula is C21H18F6N4O. The Morgan fingerprint density at radius 2 is 1.72 bits per heavy atom. The second-order valence-electron chi connectivity index (χ2n) is 7.82. The summed E-state index contributed by atoms with van der Waals surface area (Å²) in [6.07, 6.45) is -4.82. The second kappa shape index (κ2) is 7.79. The van der Waals surface area contributed by atoms with Crippen molar-refractivity contribution in [3.05, 3.63) is 63.3 Å². The predicted octanol–water partition coefficient (Wildman–Crippen LogP) is 5.24. The van der Waals surface area contributed by atoms with Gasteiger partial charge in [0.1, 0.15) is 28.5 Å². The molecule has 2 aromatic heterocycles. The van der Waals surface area contributed by atoms with Crippen LogP contribution in [0, 0.1) is 18.6 Å². The van der Waals surface area contributed by atoms with Crippen LogP contribution in [-0.2, 0) is 5.54 Å². The van der Waals surface area contributed by atoms with Gasteiger partial charge in [0.15, 0.2) is 0 Å². The van der Waals surface area contributed by atoms with Crippen molar-refractivity contribution in [3.8, 4) is 0 Å². The van der Waals surface area contributed by atoms with Gasteiger partial charge in [0.2, 0.25) is 5.82 Å². The molecule has 4 rings (SSSR count). The summed E-state index contributed by atoms with van der Waals surface area (Å²) in [6.45, 7) is 2.91. The normalized spacial score (nSPS) is 16.1. The highest BCUT2D eigenvalue weighted by Gasteiger charge is 2.54. The van der Waals surface area contributed by atoms with Crippen molar-refractivity contribution in [2.75, 3.05) is 5.32 Å². The minimum absolute atomic E-state index is 0.00698. The van der Waals surface area contributed by atoms with Crippen molar-refractivity contribution in [2.45, 2.75) is 51.1 Å². The Morgan fingerprint density at radius 3 is 2.31 bits per heavy atom. The summed E-state index contributed by atoms with van der Waals surface area (Å²) in [5.74, 6) is -2.38. The van der Waals surface area contributed by atoms with Gasteiger partial charge in [-0.15, -0.1) is 0 Å². The minimum Gasteiger partial charge on any atom is -0.363 e. The fourth-order valence-corrected chi connectivity index (χ4v) is 3.75. The number of anilines is 1. The van der Waals surface area contributed by atoms with E-state index in [-0.39, 0.29) is 41.0 Å². The van der Waals surface area contributed by atoms with Gasteiger partial charge in [-0.3, -0.25) is 4.79 Å². The van der Waals surface area contributed by atoms with Crippen molar-refractivity contribution in [2.24, 2.45) is 0 Å². The fourth-order valence-electron chi connectivity index (χ4n) is 3.75. The lowest BCUT2D eigenvalue weighted by molar-refractivity contribution is 0.0648. The van der Waals surface area contributed by atoms with Gasteiger partial charge in [0.05, 0.1) is 17.0 Å². The molecule has 1 aromatic carbocycles. The molecule has 1 aliphatic rings. The van der Waals surface area contributed by atoms with Crippen molar-refractivity contribution < 1.29 is 26.3 Å². The summed E-state index contributed by atoms with van der Waals surface area (Å²) in [5, 5.41) is 2.76. The average molecular weight is 456 g/mol. The van der Waals surface area contributed by atoms with Crippen molar-refractivity contribution in [1.82, 2.24) is 14.5 Å². The molecule has 0 unspecified atom stereocenters. The lowest BCUT2D eigenvalue weighted by Gasteiger charge is -2.21. The van der Waals surface area contributed by atoms with Crippen LogP contribution in [0.5, 0.6) is 0 Å². The quantitative estimate of drug-likeness (QED) is 0.516. The first-order chi connectivity index (χ1) is 15.1. The standard InChI is InChI=1S/C21H18F6N4O/c1-9(11-4-3-5-12(14(11)22)17(24)25)28-18-13-8-31(21(6-7-21)20(26)27)19(32)15(23)16(13)29-10(2)30-18/h3-5,8-9,17,20H,6-7H2,1-2H3,(H,28,29,30)/t9-/m1/s1. The number of benzene rings is 1. The zero-order valence-electron chi connectivity index (χ0n) is 17.0. The van der Waals surface area contributed by atoms with Crippen molar-refractivity contribution >= 4 is 16.7 Å². The summed E-state index contributed by atoms with van der Waals surface area (Å²) in [7, 11) is 0. The van der Waals surface area contributed by atoms with Crippen LogP contribution in [0.4, 0.5) is 32.2 Å². The van der Waals surface area contributed by atoms with E-state index in [9.17, 15) is 31.1 Å². The van der Waals surface area contributed by atoms with Crippen LogP contribution in [0.3, 0.4) is 0 Å². The molecule has 1 aliphatic carbocycles. The summed E-state index contributed by atoms with van der Waals surface area (Å²) in [6, 6.07) is 2.65. The molecule has 32 heavy (non-hydrogen) atoms. The highest BCUT2D eigenvalue weighted by atomic mass is 19.3. The predicted molar refractivity (Wildman–Crippen MR) is 105 cm³/mol. The molecule has 1 saturated carbocycles. The van der Waals surface area contributed by atoms with Crippen LogP contribution in [0.1, 0.15) is 49.2 Å². The summed E-state index contributed by atoms with van der Waals surface area (Å²) in [5.41, 5.74) is -4.25. The number of hydrogen-bond acceptors (Lipinski definition) is 4. The molecule has 0 radical (unpaired) electrons. The molecule has 11 heteroatoms. The van der Waals surface area contributed by atoms with E-state index in [0.29, 0.717) is 4.57 Å². The number of pyridine rings is 1. The minimum atomic E-state index is -3.02. The van der Waals surface area contributed by atoms with E-state index in [2.05, 4.69) is 15.3 Å². The number of rotatable bonds is 6. The molecule has 170 valence electrons. The number of halogens is 6. The number of fused-ring (bicyclic) bond motifs is 1. The third kappa shape index (κ3) is 3.49. The number of hydrogen-bond donors (Lipinski definition) is 1. The molecule has 2 heterocycles. The number of aromatic nitrogens is 3. The van der Waals surface area contributed by atoms with E-state index >= 15 is 0 Å². The summed E-state index contributed by atoms with van der Waals surface area (Å²) >= 11 is 0. The van der Waals surface area contributed by atoms with Crippen LogP contribution < -0.4 is 10.9 Å². The Kier molecular flexibility index (Phi) is 5.38. The topological polar surface area (TPSA) is 59.8 Å². The molecule has 0 spiro atoms. The molecule has 5 nitrogen and oxygen atoms in total. The lowest BCUT2D eigenvalue weighted by Crippen LogP contribution is -2.37. The molecule has 0 saturated heterocycles. The molecule has 0 amide bonds. The SMILES string of the molecule is Cc1nc(N[C@H](C)c2cccc(C(F)F)c2F)c2cn(C3(C(F)F)CC3)c(=O)c(F)c2n1. The average Bonchev–Trinajstić information content (AvgIpc) is 3.53. The third-order valence-electron chi connectivity index (χ3n) is 5.69. The molecular weight excluding hydrogens is 438 g/mol. The highest BCUT2D eigenvalue weighted by Crippen LogP contribution is 2.48. The second-order valence-corrected chi connectivity index (χ2v) is 7.82. The maximum atomic E-state index is 14.9. The van der Waals surface area contributed by atoms with E-state index in [4.69, 9.17) is 0 Å². The van der Waals surface area contributed by atoms with Gasteiger partial charge < -0.3 is 9.88 Å². The molecule has 1 atom stereocenters. The van der Waals surface area contributed by atoms with Crippen LogP contribution in [0.2, 0.25) is 0 Å². The van der Waals surface area contributed by atoms with Crippen molar-refractivity contribution in [3.63, 3.8) is 0 Å².